The van der Waals surface area contributed by atoms with Gasteiger partial charge in [-0.05, 0) is 65.5 Å². The van der Waals surface area contributed by atoms with Crippen molar-refractivity contribution in [3.05, 3.63) is 36.4 Å². The fourth-order valence-electron chi connectivity index (χ4n) is 3.81. The van der Waals surface area contributed by atoms with E-state index in [1.807, 2.05) is 48.5 Å². The zero-order valence-corrected chi connectivity index (χ0v) is 23.2. The van der Waals surface area contributed by atoms with E-state index < -0.39 is 21.3 Å². The van der Waals surface area contributed by atoms with Crippen LogP contribution in [0, 0.1) is 11.7 Å². The molecule has 36 heavy (non-hydrogen) atoms. The van der Waals surface area contributed by atoms with Gasteiger partial charge in [-0.15, -0.1) is 0 Å². The lowest BCUT2D eigenvalue weighted by atomic mass is 9.98. The maximum Gasteiger partial charge on any atom is 0.410 e. The predicted octanol–water partition coefficient (Wildman–Crippen LogP) is 5.52. The Bertz CT molecular complexity index is 1130. The van der Waals surface area contributed by atoms with Gasteiger partial charge in [0.25, 0.3) is 0 Å². The minimum atomic E-state index is -3.50. The Morgan fingerprint density at radius 3 is 2.22 bits per heavy atom. The average Bonchev–Trinajstić information content (AvgIpc) is 2.75. The molecule has 1 amide bonds. The molecular formula is C26H38FN3O5S. The van der Waals surface area contributed by atoms with E-state index in [0.717, 1.165) is 18.7 Å². The Labute approximate surface area is 214 Å². The van der Waals surface area contributed by atoms with Crippen molar-refractivity contribution in [1.29, 1.82) is 0 Å². The van der Waals surface area contributed by atoms with E-state index in [-0.39, 0.29) is 40.6 Å². The van der Waals surface area contributed by atoms with Crippen LogP contribution >= 0.6 is 0 Å². The molecule has 8 nitrogen and oxygen atoms in total. The van der Waals surface area contributed by atoms with E-state index in [9.17, 15) is 17.6 Å². The van der Waals surface area contributed by atoms with E-state index >= 15 is 0 Å². The predicted molar refractivity (Wildman–Crippen MR) is 137 cm³/mol. The van der Waals surface area contributed by atoms with Crippen LogP contribution in [0.1, 0.15) is 61.3 Å². The lowest BCUT2D eigenvalue weighted by Crippen LogP contribution is -2.47. The van der Waals surface area contributed by atoms with Crippen LogP contribution in [0.15, 0.2) is 35.5 Å². The fraction of sp³-hybridized carbons (Fsp3) is 0.577. The first kappa shape index (κ1) is 29.5. The Kier molecular flexibility index (Phi) is 9.82. The minimum absolute atomic E-state index is 0.0132. The molecule has 0 N–H and O–H groups in total. The first-order valence-electron chi connectivity index (χ1n) is 12.1. The molecule has 2 aromatic rings. The normalized spacial score (nSPS) is 13.8. The Morgan fingerprint density at radius 1 is 1.14 bits per heavy atom. The molecular weight excluding hydrogens is 485 g/mol. The number of carbonyl (C=O) groups is 1. The summed E-state index contributed by atoms with van der Waals surface area (Å²) in [6.07, 6.45) is 5.05. The molecule has 2 atom stereocenters. The zero-order valence-electron chi connectivity index (χ0n) is 22.4. The summed E-state index contributed by atoms with van der Waals surface area (Å²) < 4.78 is 49.1. The van der Waals surface area contributed by atoms with Crippen molar-refractivity contribution in [1.82, 2.24) is 14.9 Å². The van der Waals surface area contributed by atoms with Gasteiger partial charge in [0.2, 0.25) is 0 Å². The molecule has 0 radical (unpaired) electrons. The van der Waals surface area contributed by atoms with Gasteiger partial charge in [0.05, 0.1) is 11.5 Å². The number of carbonyl (C=O) groups excluding carboxylic acids is 1. The van der Waals surface area contributed by atoms with Gasteiger partial charge in [0.15, 0.2) is 9.84 Å². The SMILES string of the molecule is CCC(CC(C)COc1ncc(-c2ccc(S(C)(=O)=O)cc2F)cn1)N(C(=O)OC(C)(C)C)C(C)C. The standard InChI is InChI=1S/C26H38FN3O5S/c1-9-20(30(17(2)3)25(31)35-26(5,6)7)12-18(4)16-34-24-28-14-19(15-29-24)22-11-10-21(13-23(22)27)36(8,32)33/h10-11,13-15,17-18,20H,9,12,16H2,1-8H3. The molecule has 200 valence electrons. The quantitative estimate of drug-likeness (QED) is 0.405. The molecule has 2 unspecified atom stereocenters. The molecule has 0 aliphatic heterocycles. The lowest BCUT2D eigenvalue weighted by molar-refractivity contribution is 0.00451. The van der Waals surface area contributed by atoms with Crippen LogP contribution in [0.5, 0.6) is 6.01 Å². The summed E-state index contributed by atoms with van der Waals surface area (Å²) in [5.74, 6) is -0.572. The summed E-state index contributed by atoms with van der Waals surface area (Å²) in [6.45, 7) is 13.9. The number of benzene rings is 1. The highest BCUT2D eigenvalue weighted by atomic mass is 32.2. The molecule has 1 heterocycles. The van der Waals surface area contributed by atoms with Gasteiger partial charge >= 0.3 is 12.1 Å². The monoisotopic (exact) mass is 523 g/mol. The van der Waals surface area contributed by atoms with Crippen LogP contribution in [-0.4, -0.2) is 59.9 Å². The summed E-state index contributed by atoms with van der Waals surface area (Å²) in [5, 5.41) is 0. The van der Waals surface area contributed by atoms with Crippen LogP contribution in [0.3, 0.4) is 0 Å². The lowest BCUT2D eigenvalue weighted by Gasteiger charge is -2.37. The van der Waals surface area contributed by atoms with Crippen LogP contribution < -0.4 is 4.74 Å². The van der Waals surface area contributed by atoms with E-state index in [4.69, 9.17) is 9.47 Å². The number of aromatic nitrogens is 2. The van der Waals surface area contributed by atoms with Crippen LogP contribution in [0.2, 0.25) is 0 Å². The Balaban J connectivity index is 2.02. The Morgan fingerprint density at radius 2 is 1.75 bits per heavy atom. The number of ether oxygens (including phenoxy) is 2. The maximum absolute atomic E-state index is 14.5. The summed E-state index contributed by atoms with van der Waals surface area (Å²) in [4.78, 5) is 22.8. The third-order valence-electron chi connectivity index (χ3n) is 5.50. The molecule has 0 aliphatic carbocycles. The number of amides is 1. The molecule has 0 fully saturated rings. The Hall–Kier alpha value is -2.75. The molecule has 1 aromatic heterocycles. The highest BCUT2D eigenvalue weighted by Crippen LogP contribution is 2.25. The third-order valence-corrected chi connectivity index (χ3v) is 6.61. The zero-order chi connectivity index (χ0) is 27.3. The number of hydrogen-bond acceptors (Lipinski definition) is 7. The molecule has 1 aromatic carbocycles. The summed E-state index contributed by atoms with van der Waals surface area (Å²) >= 11 is 0. The summed E-state index contributed by atoms with van der Waals surface area (Å²) in [6, 6.07) is 3.85. The number of halogens is 1. The molecule has 0 aliphatic rings. The molecule has 0 bridgehead atoms. The highest BCUT2D eigenvalue weighted by Gasteiger charge is 2.30. The number of rotatable bonds is 10. The van der Waals surface area contributed by atoms with Gasteiger partial charge in [-0.2, -0.15) is 0 Å². The smallest absolute Gasteiger partial charge is 0.410 e. The molecule has 0 saturated heterocycles. The highest BCUT2D eigenvalue weighted by molar-refractivity contribution is 7.90. The van der Waals surface area contributed by atoms with Gasteiger partial charge in [-0.1, -0.05) is 19.9 Å². The van der Waals surface area contributed by atoms with Crippen molar-refractivity contribution in [2.45, 2.75) is 83.9 Å². The molecule has 2 rings (SSSR count). The fourth-order valence-corrected chi connectivity index (χ4v) is 4.45. The van der Waals surface area contributed by atoms with Gasteiger partial charge in [-0.25, -0.2) is 27.6 Å². The third kappa shape index (κ3) is 8.43. The topological polar surface area (TPSA) is 98.7 Å². The first-order chi connectivity index (χ1) is 16.6. The van der Waals surface area contributed by atoms with E-state index in [1.165, 1.54) is 24.5 Å². The van der Waals surface area contributed by atoms with E-state index in [1.54, 1.807) is 4.90 Å². The number of sulfone groups is 1. The minimum Gasteiger partial charge on any atom is -0.463 e. The molecule has 0 spiro atoms. The van der Waals surface area contributed by atoms with Crippen molar-refractivity contribution in [2.75, 3.05) is 12.9 Å². The summed E-state index contributed by atoms with van der Waals surface area (Å²) in [7, 11) is -3.50. The first-order valence-corrected chi connectivity index (χ1v) is 14.0. The second kappa shape index (κ2) is 12.0. The number of hydrogen-bond donors (Lipinski definition) is 0. The van der Waals surface area contributed by atoms with Crippen LogP contribution in [0.4, 0.5) is 9.18 Å². The van der Waals surface area contributed by atoms with Crippen molar-refractivity contribution in [3.63, 3.8) is 0 Å². The number of nitrogens with zero attached hydrogens (tertiary/aromatic N) is 3. The van der Waals surface area contributed by atoms with Crippen LogP contribution in [0.25, 0.3) is 11.1 Å². The van der Waals surface area contributed by atoms with Gasteiger partial charge in [-0.3, -0.25) is 0 Å². The van der Waals surface area contributed by atoms with Crippen molar-refractivity contribution >= 4 is 15.9 Å². The second-order valence-electron chi connectivity index (χ2n) is 10.4. The van der Waals surface area contributed by atoms with Crippen molar-refractivity contribution < 1.29 is 27.1 Å². The maximum atomic E-state index is 14.5. The van der Waals surface area contributed by atoms with Crippen molar-refractivity contribution in [3.8, 4) is 17.1 Å². The summed E-state index contributed by atoms with van der Waals surface area (Å²) in [5.41, 5.74) is 0.0346. The molecule has 10 heteroatoms. The van der Waals surface area contributed by atoms with E-state index in [2.05, 4.69) is 9.97 Å². The second-order valence-corrected chi connectivity index (χ2v) is 12.4. The van der Waals surface area contributed by atoms with Gasteiger partial charge < -0.3 is 14.4 Å². The molecule has 0 saturated carbocycles. The van der Waals surface area contributed by atoms with Gasteiger partial charge in [0.1, 0.15) is 11.4 Å². The van der Waals surface area contributed by atoms with Crippen LogP contribution in [-0.2, 0) is 14.6 Å². The van der Waals surface area contributed by atoms with E-state index in [0.29, 0.717) is 18.6 Å². The largest absolute Gasteiger partial charge is 0.463 e. The van der Waals surface area contributed by atoms with Crippen molar-refractivity contribution in [2.24, 2.45) is 5.92 Å². The average molecular weight is 524 g/mol. The van der Waals surface area contributed by atoms with Gasteiger partial charge in [0, 0.05) is 41.9 Å².